The molecule has 12 heavy (non-hydrogen) atoms. The summed E-state index contributed by atoms with van der Waals surface area (Å²) in [5, 5.41) is 0. The van der Waals surface area contributed by atoms with E-state index in [2.05, 4.69) is 46.9 Å². The van der Waals surface area contributed by atoms with Crippen LogP contribution in [0, 0.1) is 55.1 Å². The molecule has 0 aliphatic heterocycles. The molecular formula is C11H19Ho-. The molecule has 0 saturated heterocycles. The first-order valence-electron chi connectivity index (χ1n) is 4.08. The van der Waals surface area contributed by atoms with Crippen LogP contribution in [0.1, 0.15) is 34.1 Å². The van der Waals surface area contributed by atoms with E-state index < -0.39 is 0 Å². The fraction of sp³-hybridized carbons (Fsp3) is 0.636. The van der Waals surface area contributed by atoms with Crippen LogP contribution in [-0.2, 0) is 0 Å². The summed E-state index contributed by atoms with van der Waals surface area (Å²) in [5.41, 5.74) is 1.45. The summed E-state index contributed by atoms with van der Waals surface area (Å²) in [6.07, 6.45) is 3.88. The number of hydrogen-bond acceptors (Lipinski definition) is 0. The molecule has 0 amide bonds. The molecule has 0 spiro atoms. The van der Waals surface area contributed by atoms with Crippen molar-refractivity contribution in [3.05, 3.63) is 24.8 Å². The van der Waals surface area contributed by atoms with Crippen molar-refractivity contribution >= 4 is 0 Å². The van der Waals surface area contributed by atoms with E-state index >= 15 is 0 Å². The van der Waals surface area contributed by atoms with Gasteiger partial charge in [0.05, 0.1) is 0 Å². The Morgan fingerprint density at radius 1 is 1.50 bits per heavy atom. The van der Waals surface area contributed by atoms with Gasteiger partial charge in [0.25, 0.3) is 0 Å². The average molecular weight is 316 g/mol. The van der Waals surface area contributed by atoms with Gasteiger partial charge in [0.15, 0.2) is 0 Å². The third-order valence-electron chi connectivity index (χ3n) is 2.78. The zero-order valence-electron chi connectivity index (χ0n) is 8.50. The van der Waals surface area contributed by atoms with E-state index in [4.69, 9.17) is 0 Å². The summed E-state index contributed by atoms with van der Waals surface area (Å²) in [7, 11) is 0. The zero-order chi connectivity index (χ0) is 9.07. The molecule has 0 fully saturated rings. The van der Waals surface area contributed by atoms with Gasteiger partial charge in [-0.05, 0) is 12.3 Å². The SMILES string of the molecule is C=[C-]CC(C)C(C)(C)C(=C)C.[Ho]. The summed E-state index contributed by atoms with van der Waals surface area (Å²) in [6.45, 7) is 16.3. The molecule has 1 heteroatoms. The molecule has 1 unspecified atom stereocenters. The van der Waals surface area contributed by atoms with Crippen molar-refractivity contribution < 1.29 is 37.7 Å². The monoisotopic (exact) mass is 316 g/mol. The minimum atomic E-state index is 0. The minimum Gasteiger partial charge on any atom is -0.504 e. The molecule has 0 bridgehead atoms. The second-order valence-corrected chi connectivity index (χ2v) is 3.86. The Morgan fingerprint density at radius 3 is 2.17 bits per heavy atom. The minimum absolute atomic E-state index is 0. The van der Waals surface area contributed by atoms with Gasteiger partial charge in [-0.3, -0.25) is 6.58 Å². The standard InChI is InChI=1S/C11H19.Ho/c1-7-8-10(4)11(5,6)9(2)3;/h10H,1-2,8H2,3-6H3;/q-1;. The molecule has 0 nitrogen and oxygen atoms in total. The van der Waals surface area contributed by atoms with Crippen molar-refractivity contribution in [3.8, 4) is 0 Å². The first-order chi connectivity index (χ1) is 4.92. The second-order valence-electron chi connectivity index (χ2n) is 3.86. The maximum atomic E-state index is 3.98. The normalized spacial score (nSPS) is 13.0. The maximum Gasteiger partial charge on any atom is 0 e. The van der Waals surface area contributed by atoms with Crippen LogP contribution in [0.3, 0.4) is 0 Å². The molecule has 0 saturated carbocycles. The molecule has 1 atom stereocenters. The molecule has 0 aromatic carbocycles. The Balaban J connectivity index is 0. The van der Waals surface area contributed by atoms with Crippen molar-refractivity contribution in [2.75, 3.05) is 0 Å². The quantitative estimate of drug-likeness (QED) is 0.422. The topological polar surface area (TPSA) is 0 Å². The van der Waals surface area contributed by atoms with Gasteiger partial charge in [-0.15, -0.1) is 0 Å². The van der Waals surface area contributed by atoms with Gasteiger partial charge in [-0.25, -0.2) is 0 Å². The van der Waals surface area contributed by atoms with Crippen molar-refractivity contribution in [2.45, 2.75) is 34.1 Å². The Bertz CT molecular complexity index is 156. The summed E-state index contributed by atoms with van der Waals surface area (Å²) >= 11 is 0. The van der Waals surface area contributed by atoms with Gasteiger partial charge >= 0.3 is 0 Å². The molecule has 0 aromatic heterocycles. The van der Waals surface area contributed by atoms with Crippen molar-refractivity contribution in [1.29, 1.82) is 0 Å². The van der Waals surface area contributed by atoms with E-state index in [1.807, 2.05) is 0 Å². The van der Waals surface area contributed by atoms with Crippen LogP contribution < -0.4 is 0 Å². The maximum absolute atomic E-state index is 3.98. The predicted molar refractivity (Wildman–Crippen MR) is 51.2 cm³/mol. The van der Waals surface area contributed by atoms with Crippen LogP contribution in [0.2, 0.25) is 0 Å². The van der Waals surface area contributed by atoms with Crippen LogP contribution in [-0.4, -0.2) is 0 Å². The first-order valence-corrected chi connectivity index (χ1v) is 4.08. The first kappa shape index (κ1) is 15.2. The summed E-state index contributed by atoms with van der Waals surface area (Å²) < 4.78 is 0. The van der Waals surface area contributed by atoms with Crippen molar-refractivity contribution in [2.24, 2.45) is 11.3 Å². The third kappa shape index (κ3) is 4.11. The van der Waals surface area contributed by atoms with Gasteiger partial charge in [0.1, 0.15) is 0 Å². The van der Waals surface area contributed by atoms with Crippen LogP contribution in [0.15, 0.2) is 18.7 Å². The summed E-state index contributed by atoms with van der Waals surface area (Å²) in [6, 6.07) is 0. The fourth-order valence-electron chi connectivity index (χ4n) is 0.892. The molecule has 0 aliphatic rings. The van der Waals surface area contributed by atoms with Crippen LogP contribution in [0.25, 0.3) is 0 Å². The Hall–Kier alpha value is 0.740. The van der Waals surface area contributed by atoms with Gasteiger partial charge in [-0.1, -0.05) is 38.8 Å². The predicted octanol–water partition coefficient (Wildman–Crippen LogP) is 3.60. The van der Waals surface area contributed by atoms with Crippen molar-refractivity contribution in [1.82, 2.24) is 0 Å². The third-order valence-corrected chi connectivity index (χ3v) is 2.78. The van der Waals surface area contributed by atoms with Gasteiger partial charge in [0.2, 0.25) is 0 Å². The number of hydrogen-bond donors (Lipinski definition) is 0. The van der Waals surface area contributed by atoms with Gasteiger partial charge < -0.3 is 6.08 Å². The fourth-order valence-corrected chi connectivity index (χ4v) is 0.892. The summed E-state index contributed by atoms with van der Waals surface area (Å²) in [5.74, 6) is 0.581. The van der Waals surface area contributed by atoms with E-state index in [0.29, 0.717) is 5.92 Å². The molecule has 1 radical (unpaired) electrons. The Labute approximate surface area is 107 Å². The van der Waals surface area contributed by atoms with Crippen molar-refractivity contribution in [3.63, 3.8) is 0 Å². The van der Waals surface area contributed by atoms with Crippen LogP contribution >= 0.6 is 0 Å². The zero-order valence-corrected chi connectivity index (χ0v) is 10.4. The molecule has 75 valence electrons. The molecule has 0 N–H and O–H groups in total. The smallest absolute Gasteiger partial charge is 0 e. The Kier molecular flexibility index (Phi) is 7.91. The van der Waals surface area contributed by atoms with E-state index in [0.717, 1.165) is 6.42 Å². The van der Waals surface area contributed by atoms with Crippen LogP contribution in [0.5, 0.6) is 0 Å². The average Bonchev–Trinajstić information content (AvgIpc) is 1.88. The molecule has 0 aliphatic carbocycles. The van der Waals surface area contributed by atoms with Gasteiger partial charge in [0, 0.05) is 37.7 Å². The summed E-state index contributed by atoms with van der Waals surface area (Å²) in [4.78, 5) is 0. The number of allylic oxidation sites excluding steroid dienone is 2. The van der Waals surface area contributed by atoms with E-state index in [9.17, 15) is 0 Å². The second kappa shape index (κ2) is 6.23. The van der Waals surface area contributed by atoms with Crippen LogP contribution in [0.4, 0.5) is 0 Å². The largest absolute Gasteiger partial charge is 0.504 e. The number of rotatable bonds is 4. The molecule has 0 heterocycles. The molecule has 0 aromatic rings. The van der Waals surface area contributed by atoms with Gasteiger partial charge in [-0.2, -0.15) is 6.42 Å². The molecule has 0 rings (SSSR count). The van der Waals surface area contributed by atoms with E-state index in [1.165, 1.54) is 5.57 Å². The van der Waals surface area contributed by atoms with E-state index in [1.54, 1.807) is 0 Å². The Morgan fingerprint density at radius 2 is 1.92 bits per heavy atom. The van der Waals surface area contributed by atoms with E-state index in [-0.39, 0.29) is 43.2 Å². The molecular weight excluding hydrogens is 297 g/mol.